The molecule has 0 spiro atoms. The largest absolute Gasteiger partial charge is 0.305 e. The van der Waals surface area contributed by atoms with E-state index in [-0.39, 0.29) is 0 Å². The molecule has 0 amide bonds. The van der Waals surface area contributed by atoms with E-state index >= 15 is 0 Å². The van der Waals surface area contributed by atoms with Crippen LogP contribution < -0.4 is 5.32 Å². The van der Waals surface area contributed by atoms with E-state index in [1.807, 2.05) is 12.3 Å². The smallest absolute Gasteiger partial charge is 0.0705 e. The Morgan fingerprint density at radius 3 is 2.89 bits per heavy atom. The lowest BCUT2D eigenvalue weighted by atomic mass is 10.1. The third-order valence-electron chi connectivity index (χ3n) is 3.31. The van der Waals surface area contributed by atoms with E-state index in [0.717, 1.165) is 12.1 Å². The summed E-state index contributed by atoms with van der Waals surface area (Å²) in [7, 11) is 0. The molecule has 1 unspecified atom stereocenters. The predicted molar refractivity (Wildman–Crippen MR) is 81.3 cm³/mol. The number of benzene rings is 1. The zero-order chi connectivity index (χ0) is 13.1. The summed E-state index contributed by atoms with van der Waals surface area (Å²) in [5.74, 6) is 0. The van der Waals surface area contributed by atoms with Crippen molar-refractivity contribution in [2.24, 2.45) is 0 Å². The molecule has 2 aromatic heterocycles. The Labute approximate surface area is 117 Å². The molecule has 0 bridgehead atoms. The van der Waals surface area contributed by atoms with Crippen molar-refractivity contribution >= 4 is 22.2 Å². The van der Waals surface area contributed by atoms with Gasteiger partial charge in [-0.1, -0.05) is 24.3 Å². The SMILES string of the molecule is CC(NCc1ccnc2ccccc12)c1cccs1. The minimum Gasteiger partial charge on any atom is -0.305 e. The van der Waals surface area contributed by atoms with Crippen molar-refractivity contribution in [1.82, 2.24) is 10.3 Å². The molecule has 3 heteroatoms. The normalized spacial score (nSPS) is 12.7. The van der Waals surface area contributed by atoms with Crippen molar-refractivity contribution in [2.45, 2.75) is 19.5 Å². The highest BCUT2D eigenvalue weighted by Crippen LogP contribution is 2.20. The van der Waals surface area contributed by atoms with Crippen molar-refractivity contribution < 1.29 is 0 Å². The first kappa shape index (κ1) is 12.3. The first-order chi connectivity index (χ1) is 9.34. The zero-order valence-corrected chi connectivity index (χ0v) is 11.7. The molecular weight excluding hydrogens is 252 g/mol. The van der Waals surface area contributed by atoms with E-state index in [2.05, 4.69) is 59.0 Å². The number of pyridine rings is 1. The quantitative estimate of drug-likeness (QED) is 0.769. The maximum atomic E-state index is 4.39. The molecule has 0 aliphatic rings. The molecule has 3 rings (SSSR count). The third-order valence-corrected chi connectivity index (χ3v) is 4.36. The van der Waals surface area contributed by atoms with Crippen LogP contribution in [-0.4, -0.2) is 4.98 Å². The van der Waals surface area contributed by atoms with Gasteiger partial charge in [0, 0.05) is 29.0 Å². The van der Waals surface area contributed by atoms with E-state index in [9.17, 15) is 0 Å². The Bertz CT molecular complexity index is 656. The van der Waals surface area contributed by atoms with Crippen LogP contribution in [0.1, 0.15) is 23.4 Å². The summed E-state index contributed by atoms with van der Waals surface area (Å²) in [4.78, 5) is 5.77. The van der Waals surface area contributed by atoms with Crippen molar-refractivity contribution in [1.29, 1.82) is 0 Å². The number of para-hydroxylation sites is 1. The first-order valence-corrected chi connectivity index (χ1v) is 7.32. The fraction of sp³-hybridized carbons (Fsp3) is 0.188. The van der Waals surface area contributed by atoms with Crippen LogP contribution in [0.5, 0.6) is 0 Å². The van der Waals surface area contributed by atoms with Crippen LogP contribution in [-0.2, 0) is 6.54 Å². The highest BCUT2D eigenvalue weighted by molar-refractivity contribution is 7.10. The number of fused-ring (bicyclic) bond motifs is 1. The van der Waals surface area contributed by atoms with Crippen molar-refractivity contribution in [3.63, 3.8) is 0 Å². The van der Waals surface area contributed by atoms with Crippen molar-refractivity contribution in [3.05, 3.63) is 64.5 Å². The monoisotopic (exact) mass is 268 g/mol. The summed E-state index contributed by atoms with van der Waals surface area (Å²) >= 11 is 1.79. The van der Waals surface area contributed by atoms with Gasteiger partial charge in [-0.3, -0.25) is 4.98 Å². The molecule has 19 heavy (non-hydrogen) atoms. The lowest BCUT2D eigenvalue weighted by Gasteiger charge is -2.13. The lowest BCUT2D eigenvalue weighted by molar-refractivity contribution is 0.584. The second-order valence-electron chi connectivity index (χ2n) is 4.61. The summed E-state index contributed by atoms with van der Waals surface area (Å²) in [6.07, 6.45) is 1.88. The highest BCUT2D eigenvalue weighted by Gasteiger charge is 2.07. The molecule has 0 fully saturated rings. The van der Waals surface area contributed by atoms with Gasteiger partial charge in [0.1, 0.15) is 0 Å². The Morgan fingerprint density at radius 1 is 1.16 bits per heavy atom. The molecule has 0 aliphatic carbocycles. The fourth-order valence-corrected chi connectivity index (χ4v) is 2.97. The molecule has 2 nitrogen and oxygen atoms in total. The summed E-state index contributed by atoms with van der Waals surface area (Å²) in [6, 6.07) is 15.0. The zero-order valence-electron chi connectivity index (χ0n) is 10.8. The fourth-order valence-electron chi connectivity index (χ4n) is 2.21. The van der Waals surface area contributed by atoms with Gasteiger partial charge in [-0.2, -0.15) is 0 Å². The average Bonchev–Trinajstić information content (AvgIpc) is 2.99. The minimum absolute atomic E-state index is 0.381. The Morgan fingerprint density at radius 2 is 2.05 bits per heavy atom. The second kappa shape index (κ2) is 5.51. The molecule has 96 valence electrons. The third kappa shape index (κ3) is 2.67. The van der Waals surface area contributed by atoms with Crippen molar-refractivity contribution in [2.75, 3.05) is 0 Å². The molecule has 0 saturated heterocycles. The lowest BCUT2D eigenvalue weighted by Crippen LogP contribution is -2.17. The van der Waals surface area contributed by atoms with Gasteiger partial charge < -0.3 is 5.32 Å². The molecule has 1 atom stereocenters. The van der Waals surface area contributed by atoms with Crippen molar-refractivity contribution in [3.8, 4) is 0 Å². The number of hydrogen-bond donors (Lipinski definition) is 1. The van der Waals surface area contributed by atoms with Crippen LogP contribution in [0.25, 0.3) is 10.9 Å². The van der Waals surface area contributed by atoms with Crippen LogP contribution in [0.4, 0.5) is 0 Å². The van der Waals surface area contributed by atoms with Gasteiger partial charge in [0.25, 0.3) is 0 Å². The first-order valence-electron chi connectivity index (χ1n) is 6.44. The standard InChI is InChI=1S/C16H16N2S/c1-12(16-7-4-10-19-16)18-11-13-8-9-17-15-6-3-2-5-14(13)15/h2-10,12,18H,11H2,1H3. The molecule has 0 saturated carbocycles. The van der Waals surface area contributed by atoms with Gasteiger partial charge in [-0.15, -0.1) is 11.3 Å². The topological polar surface area (TPSA) is 24.9 Å². The van der Waals surface area contributed by atoms with Crippen LogP contribution in [0, 0.1) is 0 Å². The second-order valence-corrected chi connectivity index (χ2v) is 5.58. The van der Waals surface area contributed by atoms with Crippen LogP contribution in [0.3, 0.4) is 0 Å². The molecule has 1 N–H and O–H groups in total. The Balaban J connectivity index is 1.79. The maximum Gasteiger partial charge on any atom is 0.0705 e. The van der Waals surface area contributed by atoms with E-state index < -0.39 is 0 Å². The van der Waals surface area contributed by atoms with Gasteiger partial charge in [0.2, 0.25) is 0 Å². The van der Waals surface area contributed by atoms with E-state index in [4.69, 9.17) is 0 Å². The number of rotatable bonds is 4. The molecule has 3 aromatic rings. The van der Waals surface area contributed by atoms with Gasteiger partial charge in [-0.05, 0) is 36.1 Å². The van der Waals surface area contributed by atoms with E-state index in [0.29, 0.717) is 6.04 Å². The molecular formula is C16H16N2S. The number of thiophene rings is 1. The number of hydrogen-bond acceptors (Lipinski definition) is 3. The van der Waals surface area contributed by atoms with E-state index in [1.165, 1.54) is 15.8 Å². The number of nitrogens with one attached hydrogen (secondary N) is 1. The van der Waals surface area contributed by atoms with E-state index in [1.54, 1.807) is 11.3 Å². The maximum absolute atomic E-state index is 4.39. The molecule has 0 radical (unpaired) electrons. The average molecular weight is 268 g/mol. The van der Waals surface area contributed by atoms with Crippen LogP contribution >= 0.6 is 11.3 Å². The molecule has 0 aliphatic heterocycles. The summed E-state index contributed by atoms with van der Waals surface area (Å²) in [5.41, 5.74) is 2.36. The van der Waals surface area contributed by atoms with Gasteiger partial charge in [-0.25, -0.2) is 0 Å². The minimum atomic E-state index is 0.381. The molecule has 1 aromatic carbocycles. The molecule has 2 heterocycles. The predicted octanol–water partition coefficient (Wildman–Crippen LogP) is 4.15. The summed E-state index contributed by atoms with van der Waals surface area (Å²) in [5, 5.41) is 6.93. The number of nitrogens with zero attached hydrogens (tertiary/aromatic N) is 1. The van der Waals surface area contributed by atoms with Gasteiger partial charge in [0.15, 0.2) is 0 Å². The van der Waals surface area contributed by atoms with Crippen LogP contribution in [0.2, 0.25) is 0 Å². The van der Waals surface area contributed by atoms with Crippen LogP contribution in [0.15, 0.2) is 54.0 Å². The Hall–Kier alpha value is -1.71. The van der Waals surface area contributed by atoms with Gasteiger partial charge in [0.05, 0.1) is 5.52 Å². The Kier molecular flexibility index (Phi) is 3.58. The number of aromatic nitrogens is 1. The van der Waals surface area contributed by atoms with Gasteiger partial charge >= 0.3 is 0 Å². The summed E-state index contributed by atoms with van der Waals surface area (Å²) in [6.45, 7) is 3.07. The highest BCUT2D eigenvalue weighted by atomic mass is 32.1. The summed E-state index contributed by atoms with van der Waals surface area (Å²) < 4.78 is 0.